The molecule has 0 unspecified atom stereocenters. The minimum absolute atomic E-state index is 0.419. The normalized spacial score (nSPS) is 11.8. The third-order valence-electron chi connectivity index (χ3n) is 1.55. The van der Waals surface area contributed by atoms with Crippen LogP contribution in [0.1, 0.15) is 0 Å². The van der Waals surface area contributed by atoms with Gasteiger partial charge in [0, 0.05) is 0 Å². The van der Waals surface area contributed by atoms with E-state index >= 15 is 0 Å². The summed E-state index contributed by atoms with van der Waals surface area (Å²) < 4.78 is 48.0. The molecule has 0 aliphatic rings. The molecule has 0 aromatic heterocycles. The number of alkyl halides is 4. The lowest BCUT2D eigenvalue weighted by Gasteiger charge is -2.15. The fourth-order valence-electron chi connectivity index (χ4n) is 0.785. The average Bonchev–Trinajstić information content (AvgIpc) is 2.19. The van der Waals surface area contributed by atoms with E-state index in [0.29, 0.717) is 5.69 Å². The van der Waals surface area contributed by atoms with Crippen molar-refractivity contribution in [3.8, 4) is 0 Å². The molecule has 0 aliphatic heterocycles. The van der Waals surface area contributed by atoms with Crippen LogP contribution in [0.15, 0.2) is 30.3 Å². The van der Waals surface area contributed by atoms with E-state index in [4.69, 9.17) is 0 Å². The Balaban J connectivity index is 2.34. The van der Waals surface area contributed by atoms with Crippen molar-refractivity contribution in [1.82, 2.24) is 0 Å². The van der Waals surface area contributed by atoms with Gasteiger partial charge in [0.25, 0.3) is 0 Å². The molecule has 0 saturated heterocycles. The minimum atomic E-state index is -4.14. The number of rotatable bonds is 5. The fourth-order valence-corrected chi connectivity index (χ4v) is 0.785. The Hall–Kier alpha value is -1.30. The summed E-state index contributed by atoms with van der Waals surface area (Å²) in [6.45, 7) is -1.38. The first kappa shape index (κ1) is 11.8. The van der Waals surface area contributed by atoms with Gasteiger partial charge in [0.15, 0.2) is 0 Å². The summed E-state index contributed by atoms with van der Waals surface area (Å²) in [5.74, 6) is -4.14. The quantitative estimate of drug-likeness (QED) is 0.612. The lowest BCUT2D eigenvalue weighted by molar-refractivity contribution is -0.160. The second-order valence-corrected chi connectivity index (χ2v) is 2.82. The van der Waals surface area contributed by atoms with Crippen LogP contribution in [0.3, 0.4) is 0 Å². The molecule has 0 spiro atoms. The lowest BCUT2D eigenvalue weighted by Crippen LogP contribution is -2.33. The Labute approximate surface area is 83.8 Å². The summed E-state index contributed by atoms with van der Waals surface area (Å²) in [4.78, 5) is 4.27. The largest absolute Gasteiger partial charge is 0.332 e. The van der Waals surface area contributed by atoms with E-state index in [-0.39, 0.29) is 0 Å². The molecule has 0 saturated carbocycles. The van der Waals surface area contributed by atoms with Crippen LogP contribution in [0.4, 0.5) is 23.2 Å². The van der Waals surface area contributed by atoms with E-state index in [1.165, 1.54) is 0 Å². The van der Waals surface area contributed by atoms with Crippen molar-refractivity contribution in [2.75, 3.05) is 12.1 Å². The summed E-state index contributed by atoms with van der Waals surface area (Å²) >= 11 is 0. The first-order valence-corrected chi connectivity index (χ1v) is 4.11. The molecule has 15 heavy (non-hydrogen) atoms. The molecular weight excluding hydrogens is 214 g/mol. The highest BCUT2D eigenvalue weighted by Gasteiger charge is 2.41. The molecule has 1 N–H and O–H groups in total. The van der Waals surface area contributed by atoms with Gasteiger partial charge in [-0.1, -0.05) is 18.2 Å². The van der Waals surface area contributed by atoms with Gasteiger partial charge in [-0.25, -0.2) is 8.78 Å². The van der Waals surface area contributed by atoms with Crippen LogP contribution in [0.25, 0.3) is 0 Å². The van der Waals surface area contributed by atoms with E-state index in [1.54, 1.807) is 30.3 Å². The highest BCUT2D eigenvalue weighted by atomic mass is 19.3. The highest BCUT2D eigenvalue weighted by Crippen LogP contribution is 2.22. The van der Waals surface area contributed by atoms with E-state index in [2.05, 4.69) is 10.3 Å². The fraction of sp³-hybridized carbons (Fsp3) is 0.333. The Morgan fingerprint density at radius 1 is 1.20 bits per heavy atom. The lowest BCUT2D eigenvalue weighted by atomic mass is 10.3. The highest BCUT2D eigenvalue weighted by molar-refractivity contribution is 5.39. The van der Waals surface area contributed by atoms with Gasteiger partial charge in [0.2, 0.25) is 0 Å². The molecule has 6 heteroatoms. The zero-order valence-electron chi connectivity index (χ0n) is 7.59. The molecule has 0 amide bonds. The number of halogens is 4. The predicted molar refractivity (Wildman–Crippen MR) is 47.0 cm³/mol. The number of benzene rings is 1. The second-order valence-electron chi connectivity index (χ2n) is 2.82. The number of nitrogens with one attached hydrogen (secondary N) is 1. The molecule has 0 bridgehead atoms. The summed E-state index contributed by atoms with van der Waals surface area (Å²) in [6.07, 6.45) is -3.73. The zero-order valence-corrected chi connectivity index (χ0v) is 7.59. The first-order valence-electron chi connectivity index (χ1n) is 4.11. The van der Waals surface area contributed by atoms with Gasteiger partial charge in [-0.2, -0.15) is 8.78 Å². The molecule has 0 heterocycles. The van der Waals surface area contributed by atoms with Gasteiger partial charge < -0.3 is 0 Å². The van der Waals surface area contributed by atoms with Gasteiger partial charge in [-0.3, -0.25) is 10.3 Å². The Bertz CT molecular complexity index is 291. The standard InChI is InChI=1S/C9H9F4NO/c10-8(11)9(12,13)6-15-14-7-4-2-1-3-5-7/h1-5,8,14H,6H2. The number of hydrogen-bond donors (Lipinski definition) is 1. The van der Waals surface area contributed by atoms with Crippen LogP contribution in [0.2, 0.25) is 0 Å². The Kier molecular flexibility index (Phi) is 3.90. The topological polar surface area (TPSA) is 21.3 Å². The molecule has 1 rings (SSSR count). The minimum Gasteiger partial charge on any atom is -0.270 e. The molecular formula is C9H9F4NO. The maximum atomic E-state index is 12.3. The number of hydrogen-bond acceptors (Lipinski definition) is 2. The third kappa shape index (κ3) is 3.75. The Morgan fingerprint density at radius 2 is 1.80 bits per heavy atom. The van der Waals surface area contributed by atoms with Crippen molar-refractivity contribution >= 4 is 5.69 Å². The number of anilines is 1. The first-order chi connectivity index (χ1) is 7.02. The molecule has 2 nitrogen and oxygen atoms in total. The van der Waals surface area contributed by atoms with Crippen molar-refractivity contribution in [2.24, 2.45) is 0 Å². The molecule has 0 aliphatic carbocycles. The molecule has 0 fully saturated rings. The smallest absolute Gasteiger partial charge is 0.270 e. The van der Waals surface area contributed by atoms with Crippen LogP contribution in [-0.4, -0.2) is 19.0 Å². The second kappa shape index (κ2) is 4.97. The predicted octanol–water partition coefficient (Wildman–Crippen LogP) is 2.93. The van der Waals surface area contributed by atoms with Crippen molar-refractivity contribution in [3.05, 3.63) is 30.3 Å². The molecule has 1 aromatic carbocycles. The maximum Gasteiger partial charge on any atom is 0.332 e. The van der Waals surface area contributed by atoms with E-state index < -0.39 is 19.0 Å². The van der Waals surface area contributed by atoms with Gasteiger partial charge >= 0.3 is 12.3 Å². The van der Waals surface area contributed by atoms with Crippen molar-refractivity contribution in [1.29, 1.82) is 0 Å². The SMILES string of the molecule is FC(F)C(F)(F)CONc1ccccc1. The monoisotopic (exact) mass is 223 g/mol. The zero-order chi connectivity index (χ0) is 11.3. The van der Waals surface area contributed by atoms with Crippen LogP contribution < -0.4 is 5.48 Å². The van der Waals surface area contributed by atoms with Gasteiger partial charge in [0.05, 0.1) is 5.69 Å². The van der Waals surface area contributed by atoms with Gasteiger partial charge in [-0.15, -0.1) is 0 Å². The van der Waals surface area contributed by atoms with Crippen LogP contribution in [-0.2, 0) is 4.84 Å². The van der Waals surface area contributed by atoms with Gasteiger partial charge in [0.1, 0.15) is 6.61 Å². The van der Waals surface area contributed by atoms with Crippen LogP contribution in [0.5, 0.6) is 0 Å². The van der Waals surface area contributed by atoms with E-state index in [9.17, 15) is 17.6 Å². The summed E-state index contributed by atoms with van der Waals surface area (Å²) in [7, 11) is 0. The summed E-state index contributed by atoms with van der Waals surface area (Å²) in [5.41, 5.74) is 2.56. The Morgan fingerprint density at radius 3 is 2.33 bits per heavy atom. The molecule has 84 valence electrons. The maximum absolute atomic E-state index is 12.3. The molecule has 0 atom stereocenters. The van der Waals surface area contributed by atoms with E-state index in [0.717, 1.165) is 0 Å². The van der Waals surface area contributed by atoms with Crippen LogP contribution >= 0.6 is 0 Å². The van der Waals surface area contributed by atoms with Crippen LogP contribution in [0, 0.1) is 0 Å². The number of para-hydroxylation sites is 1. The van der Waals surface area contributed by atoms with Crippen molar-refractivity contribution in [2.45, 2.75) is 12.3 Å². The average molecular weight is 223 g/mol. The summed E-state index contributed by atoms with van der Waals surface area (Å²) in [6, 6.07) is 8.13. The summed E-state index contributed by atoms with van der Waals surface area (Å²) in [5, 5.41) is 0. The molecule has 0 radical (unpaired) electrons. The van der Waals surface area contributed by atoms with E-state index in [1.807, 2.05) is 0 Å². The van der Waals surface area contributed by atoms with Crippen molar-refractivity contribution < 1.29 is 22.4 Å². The molecule has 1 aromatic rings. The van der Waals surface area contributed by atoms with Crippen molar-refractivity contribution in [3.63, 3.8) is 0 Å². The van der Waals surface area contributed by atoms with Gasteiger partial charge in [-0.05, 0) is 12.1 Å². The third-order valence-corrected chi connectivity index (χ3v) is 1.55.